The molecule has 0 spiro atoms. The number of aryl methyl sites for hydroxylation is 2. The van der Waals surface area contributed by atoms with Crippen LogP contribution < -0.4 is 14.8 Å². The Morgan fingerprint density at radius 2 is 1.32 bits per heavy atom. The van der Waals surface area contributed by atoms with E-state index in [4.69, 9.17) is 4.18 Å². The molecule has 0 heterocycles. The standard InChI is InChI=1S/C30H26N2O5S/c1-21-8-14-25(15-9-21)31-30(34)28(32-29(33)24-6-4-3-5-7-24)20-23-12-16-26(17-13-23)37-38(35,36)27-18-10-22(2)11-19-27/h3-20H,1-2H3,(H,31,34)(H,32,33). The first-order valence-electron chi connectivity index (χ1n) is 11.8. The second-order valence-electron chi connectivity index (χ2n) is 8.62. The van der Waals surface area contributed by atoms with E-state index < -0.39 is 21.9 Å². The Bertz CT molecular complexity index is 1560. The van der Waals surface area contributed by atoms with Gasteiger partial charge in [-0.2, -0.15) is 8.42 Å². The third kappa shape index (κ3) is 6.96. The molecule has 0 atom stereocenters. The molecule has 0 radical (unpaired) electrons. The van der Waals surface area contributed by atoms with Gasteiger partial charge in [-0.25, -0.2) is 0 Å². The number of anilines is 1. The quantitative estimate of drug-likeness (QED) is 0.234. The van der Waals surface area contributed by atoms with Crippen molar-refractivity contribution >= 4 is 33.7 Å². The topological polar surface area (TPSA) is 102 Å². The average Bonchev–Trinajstić information content (AvgIpc) is 2.91. The highest BCUT2D eigenvalue weighted by Crippen LogP contribution is 2.21. The first kappa shape index (κ1) is 26.4. The fourth-order valence-corrected chi connectivity index (χ4v) is 4.37. The van der Waals surface area contributed by atoms with Crippen molar-refractivity contribution in [3.05, 3.63) is 131 Å². The molecule has 4 rings (SSSR count). The molecule has 2 N–H and O–H groups in total. The zero-order chi connectivity index (χ0) is 27.1. The molecular weight excluding hydrogens is 500 g/mol. The molecule has 0 bridgehead atoms. The third-order valence-electron chi connectivity index (χ3n) is 5.54. The molecular formula is C30H26N2O5S. The van der Waals surface area contributed by atoms with Gasteiger partial charge in [0, 0.05) is 11.3 Å². The van der Waals surface area contributed by atoms with E-state index in [1.165, 1.54) is 30.3 Å². The van der Waals surface area contributed by atoms with Crippen molar-refractivity contribution in [3.63, 3.8) is 0 Å². The van der Waals surface area contributed by atoms with Crippen LogP contribution in [0.3, 0.4) is 0 Å². The zero-order valence-corrected chi connectivity index (χ0v) is 21.7. The van der Waals surface area contributed by atoms with Crippen molar-refractivity contribution < 1.29 is 22.2 Å². The van der Waals surface area contributed by atoms with Crippen LogP contribution in [0, 0.1) is 13.8 Å². The molecule has 0 aliphatic heterocycles. The van der Waals surface area contributed by atoms with E-state index in [9.17, 15) is 18.0 Å². The maximum Gasteiger partial charge on any atom is 0.339 e. The summed E-state index contributed by atoms with van der Waals surface area (Å²) in [6, 6.07) is 28.3. The molecule has 0 saturated carbocycles. The summed E-state index contributed by atoms with van der Waals surface area (Å²) in [6.07, 6.45) is 1.50. The SMILES string of the molecule is Cc1ccc(NC(=O)C(=Cc2ccc(OS(=O)(=O)c3ccc(C)cc3)cc2)NC(=O)c2ccccc2)cc1. The third-order valence-corrected chi connectivity index (χ3v) is 6.81. The normalized spacial score (nSPS) is 11.5. The second-order valence-corrected chi connectivity index (χ2v) is 10.2. The minimum Gasteiger partial charge on any atom is -0.379 e. The molecule has 0 saturated heterocycles. The Kier molecular flexibility index (Phi) is 8.03. The highest BCUT2D eigenvalue weighted by atomic mass is 32.2. The Balaban J connectivity index is 1.56. The first-order valence-corrected chi connectivity index (χ1v) is 13.2. The van der Waals surface area contributed by atoms with E-state index >= 15 is 0 Å². The van der Waals surface area contributed by atoms with E-state index in [0.717, 1.165) is 11.1 Å². The Hall–Kier alpha value is -4.69. The van der Waals surface area contributed by atoms with E-state index in [2.05, 4.69) is 10.6 Å². The molecule has 0 aromatic heterocycles. The fraction of sp³-hybridized carbons (Fsp3) is 0.0667. The van der Waals surface area contributed by atoms with Crippen molar-refractivity contribution in [1.29, 1.82) is 0 Å². The van der Waals surface area contributed by atoms with Gasteiger partial charge < -0.3 is 14.8 Å². The van der Waals surface area contributed by atoms with Gasteiger partial charge in [0.25, 0.3) is 11.8 Å². The smallest absolute Gasteiger partial charge is 0.339 e. The summed E-state index contributed by atoms with van der Waals surface area (Å²) in [5.41, 5.74) is 3.51. The monoisotopic (exact) mass is 526 g/mol. The summed E-state index contributed by atoms with van der Waals surface area (Å²) in [5.74, 6) is -0.845. The molecule has 0 unspecified atom stereocenters. The molecule has 192 valence electrons. The molecule has 7 nitrogen and oxygen atoms in total. The van der Waals surface area contributed by atoms with Crippen molar-refractivity contribution in [2.24, 2.45) is 0 Å². The van der Waals surface area contributed by atoms with Crippen LogP contribution >= 0.6 is 0 Å². The van der Waals surface area contributed by atoms with Gasteiger partial charge in [0.15, 0.2) is 0 Å². The van der Waals surface area contributed by atoms with Crippen LogP contribution in [0.4, 0.5) is 5.69 Å². The van der Waals surface area contributed by atoms with E-state index in [1.807, 2.05) is 26.0 Å². The predicted molar refractivity (Wildman–Crippen MR) is 147 cm³/mol. The van der Waals surface area contributed by atoms with Crippen LogP contribution in [0.15, 0.2) is 114 Å². The Morgan fingerprint density at radius 3 is 1.92 bits per heavy atom. The fourth-order valence-electron chi connectivity index (χ4n) is 3.44. The number of carbonyl (C=O) groups excluding carboxylic acids is 2. The maximum absolute atomic E-state index is 13.1. The number of nitrogens with one attached hydrogen (secondary N) is 2. The van der Waals surface area contributed by atoms with Crippen molar-refractivity contribution in [2.75, 3.05) is 5.32 Å². The summed E-state index contributed by atoms with van der Waals surface area (Å²) < 4.78 is 30.4. The van der Waals surface area contributed by atoms with Gasteiger partial charge >= 0.3 is 10.1 Å². The van der Waals surface area contributed by atoms with Gasteiger partial charge in [0.05, 0.1) is 0 Å². The lowest BCUT2D eigenvalue weighted by Gasteiger charge is -2.12. The minimum atomic E-state index is -4.00. The largest absolute Gasteiger partial charge is 0.379 e. The number of benzene rings is 4. The highest BCUT2D eigenvalue weighted by molar-refractivity contribution is 7.87. The lowest BCUT2D eigenvalue weighted by Crippen LogP contribution is -2.30. The zero-order valence-electron chi connectivity index (χ0n) is 20.8. The summed E-state index contributed by atoms with van der Waals surface area (Å²) in [4.78, 5) is 25.9. The molecule has 0 aliphatic rings. The summed E-state index contributed by atoms with van der Waals surface area (Å²) in [7, 11) is -4.00. The van der Waals surface area contributed by atoms with Crippen LogP contribution in [-0.4, -0.2) is 20.2 Å². The van der Waals surface area contributed by atoms with Gasteiger partial charge in [0.2, 0.25) is 0 Å². The molecule has 8 heteroatoms. The van der Waals surface area contributed by atoms with Gasteiger partial charge in [0.1, 0.15) is 16.3 Å². The average molecular weight is 527 g/mol. The Labute approximate surface area is 221 Å². The van der Waals surface area contributed by atoms with Crippen LogP contribution in [0.5, 0.6) is 5.75 Å². The van der Waals surface area contributed by atoms with E-state index in [0.29, 0.717) is 16.8 Å². The van der Waals surface area contributed by atoms with Crippen molar-refractivity contribution in [2.45, 2.75) is 18.7 Å². The minimum absolute atomic E-state index is 0.0142. The number of carbonyl (C=O) groups is 2. The van der Waals surface area contributed by atoms with E-state index in [-0.39, 0.29) is 16.3 Å². The van der Waals surface area contributed by atoms with Crippen LogP contribution in [0.2, 0.25) is 0 Å². The van der Waals surface area contributed by atoms with E-state index in [1.54, 1.807) is 66.7 Å². The van der Waals surface area contributed by atoms with Gasteiger partial charge in [-0.05, 0) is 74.0 Å². The molecule has 0 fully saturated rings. The molecule has 4 aromatic carbocycles. The molecule has 4 aromatic rings. The maximum atomic E-state index is 13.1. The first-order chi connectivity index (χ1) is 18.2. The molecule has 2 amide bonds. The number of hydrogen-bond acceptors (Lipinski definition) is 5. The predicted octanol–water partition coefficient (Wildman–Crippen LogP) is 5.48. The lowest BCUT2D eigenvalue weighted by molar-refractivity contribution is -0.113. The summed E-state index contributed by atoms with van der Waals surface area (Å²) >= 11 is 0. The number of hydrogen-bond donors (Lipinski definition) is 2. The van der Waals surface area contributed by atoms with Gasteiger partial charge in [-0.3, -0.25) is 9.59 Å². The lowest BCUT2D eigenvalue weighted by atomic mass is 10.1. The number of amides is 2. The summed E-state index contributed by atoms with van der Waals surface area (Å²) in [5, 5.41) is 5.46. The summed E-state index contributed by atoms with van der Waals surface area (Å²) in [6.45, 7) is 3.80. The van der Waals surface area contributed by atoms with Gasteiger partial charge in [-0.15, -0.1) is 0 Å². The van der Waals surface area contributed by atoms with Crippen molar-refractivity contribution in [3.8, 4) is 5.75 Å². The highest BCUT2D eigenvalue weighted by Gasteiger charge is 2.17. The molecule has 0 aliphatic carbocycles. The number of rotatable bonds is 8. The van der Waals surface area contributed by atoms with Crippen LogP contribution in [-0.2, 0) is 14.9 Å². The van der Waals surface area contributed by atoms with Crippen LogP contribution in [0.25, 0.3) is 6.08 Å². The Morgan fingerprint density at radius 1 is 0.737 bits per heavy atom. The second kappa shape index (κ2) is 11.6. The van der Waals surface area contributed by atoms with Crippen LogP contribution in [0.1, 0.15) is 27.0 Å². The molecule has 38 heavy (non-hydrogen) atoms. The van der Waals surface area contributed by atoms with Crippen molar-refractivity contribution in [1.82, 2.24) is 5.32 Å². The van der Waals surface area contributed by atoms with Gasteiger partial charge in [-0.1, -0.05) is 65.7 Å².